The van der Waals surface area contributed by atoms with Crippen LogP contribution in [0.15, 0.2) is 24.3 Å². The molecule has 8 bridgehead atoms. The molecule has 0 aromatic carbocycles. The van der Waals surface area contributed by atoms with Gasteiger partial charge in [-0.1, -0.05) is 34.4 Å². The summed E-state index contributed by atoms with van der Waals surface area (Å²) < 4.78 is 1.72. The first-order valence-corrected chi connectivity index (χ1v) is 14.3. The van der Waals surface area contributed by atoms with Gasteiger partial charge in [0, 0.05) is 21.8 Å². The van der Waals surface area contributed by atoms with E-state index in [0.29, 0.717) is 40.6 Å². The van der Waals surface area contributed by atoms with E-state index in [-0.39, 0.29) is 29.9 Å². The van der Waals surface area contributed by atoms with Gasteiger partial charge in [-0.05, 0) is 95.7 Å². The SMILES string of the molecule is CC1=C(Br)c2cc3nc(cc4[n-]c(cc5[n-]c(cc1n2)c(C)c5CCC(=O)O)c(CCC(=O)O)c4C)C(Br)=C3C.[Fe+2]. The van der Waals surface area contributed by atoms with Crippen molar-refractivity contribution in [2.45, 2.75) is 53.4 Å². The Morgan fingerprint density at radius 3 is 1.49 bits per heavy atom. The molecule has 41 heavy (non-hydrogen) atoms. The molecule has 8 nitrogen and oxygen atoms in total. The molecule has 0 saturated carbocycles. The number of aryl methyl sites for hydroxylation is 4. The molecule has 3 aromatic rings. The minimum atomic E-state index is -0.893. The third-order valence-corrected chi connectivity index (χ3v) is 9.41. The minimum absolute atomic E-state index is 0. The topological polar surface area (TPSA) is 129 Å². The molecule has 0 aliphatic carbocycles. The molecule has 212 valence electrons. The van der Waals surface area contributed by atoms with Gasteiger partial charge in [0.1, 0.15) is 0 Å². The average molecular weight is 722 g/mol. The molecule has 2 N–H and O–H groups in total. The van der Waals surface area contributed by atoms with Crippen molar-refractivity contribution in [1.82, 2.24) is 19.9 Å². The molecular weight excluding hydrogens is 696 g/mol. The Morgan fingerprint density at radius 2 is 1.05 bits per heavy atom. The zero-order valence-electron chi connectivity index (χ0n) is 22.7. The fraction of sp³-hybridized carbons (Fsp3) is 0.267. The summed E-state index contributed by atoms with van der Waals surface area (Å²) >= 11 is 7.39. The van der Waals surface area contributed by atoms with E-state index in [1.54, 1.807) is 0 Å². The van der Waals surface area contributed by atoms with Gasteiger partial charge in [0.2, 0.25) is 0 Å². The van der Waals surface area contributed by atoms with Gasteiger partial charge < -0.3 is 20.2 Å². The van der Waals surface area contributed by atoms with Crippen molar-refractivity contribution in [3.63, 3.8) is 0 Å². The number of carbonyl (C=O) groups is 2. The smallest absolute Gasteiger partial charge is 0.657 e. The third-order valence-electron chi connectivity index (χ3n) is 7.40. The van der Waals surface area contributed by atoms with Gasteiger partial charge in [0.25, 0.3) is 0 Å². The molecule has 0 fully saturated rings. The van der Waals surface area contributed by atoms with Gasteiger partial charge in [-0.15, -0.1) is 22.1 Å². The van der Waals surface area contributed by atoms with Gasteiger partial charge in [-0.2, -0.15) is 0 Å². The van der Waals surface area contributed by atoms with Crippen LogP contribution in [-0.2, 0) is 39.5 Å². The van der Waals surface area contributed by atoms with Crippen LogP contribution in [0.2, 0.25) is 0 Å². The first-order chi connectivity index (χ1) is 18.9. The van der Waals surface area contributed by atoms with E-state index in [0.717, 1.165) is 59.4 Å². The molecule has 0 atom stereocenters. The van der Waals surface area contributed by atoms with E-state index in [4.69, 9.17) is 19.9 Å². The van der Waals surface area contributed by atoms with E-state index in [1.807, 2.05) is 52.0 Å². The Kier molecular flexibility index (Phi) is 9.13. The maximum atomic E-state index is 11.5. The second-order valence-corrected chi connectivity index (χ2v) is 11.6. The van der Waals surface area contributed by atoms with Crippen LogP contribution in [-0.4, -0.2) is 32.1 Å². The molecule has 11 heteroatoms. The van der Waals surface area contributed by atoms with Crippen molar-refractivity contribution in [2.75, 3.05) is 0 Å². The molecule has 3 aromatic heterocycles. The fourth-order valence-electron chi connectivity index (χ4n) is 5.00. The molecular formula is C30H26Br2FeN4O4. The van der Waals surface area contributed by atoms with Crippen LogP contribution in [0.25, 0.3) is 42.2 Å². The number of aromatic nitrogens is 4. The predicted octanol–water partition coefficient (Wildman–Crippen LogP) is 6.79. The Morgan fingerprint density at radius 1 is 0.659 bits per heavy atom. The fourth-order valence-corrected chi connectivity index (χ4v) is 5.81. The second-order valence-electron chi connectivity index (χ2n) is 9.98. The zero-order valence-corrected chi connectivity index (χ0v) is 27.0. The number of halogens is 2. The summed E-state index contributed by atoms with van der Waals surface area (Å²) in [5, 5.41) is 18.8. The van der Waals surface area contributed by atoms with Gasteiger partial charge in [-0.25, -0.2) is 9.97 Å². The molecule has 0 saturated heterocycles. The van der Waals surface area contributed by atoms with Gasteiger partial charge >= 0.3 is 29.0 Å². The minimum Gasteiger partial charge on any atom is -0.657 e. The standard InChI is InChI=1S/C30H28Br2N4O4.Fe/c1-13-17(5-7-27(37)38)23-12-24-18(6-8-28(39)40)14(2)20(34-24)10-25-30(32)16(4)22(36-25)11-26-29(31)15(3)21(35-26)9-19(13)33-23;/h9-12H,5-8H2,1-4H3,(H4,33,34,35,36,37,38,39,40);/q;+2/p-2. The van der Waals surface area contributed by atoms with Crippen LogP contribution in [0.5, 0.6) is 0 Å². The van der Waals surface area contributed by atoms with Crippen LogP contribution in [0.4, 0.5) is 0 Å². The molecule has 0 radical (unpaired) electrons. The number of hydrogen-bond acceptors (Lipinski definition) is 4. The second kappa shape index (κ2) is 12.1. The molecule has 5 rings (SSSR count). The molecule has 5 heterocycles. The summed E-state index contributed by atoms with van der Waals surface area (Å²) in [5.41, 5.74) is 11.0. The van der Waals surface area contributed by atoms with E-state index >= 15 is 0 Å². The Hall–Kier alpha value is -2.98. The number of carboxylic acids is 2. The van der Waals surface area contributed by atoms with Crippen LogP contribution in [0, 0.1) is 13.8 Å². The van der Waals surface area contributed by atoms with E-state index in [1.165, 1.54) is 0 Å². The summed E-state index contributed by atoms with van der Waals surface area (Å²) in [5.74, 6) is -1.78. The summed E-state index contributed by atoms with van der Waals surface area (Å²) in [6.45, 7) is 7.84. The van der Waals surface area contributed by atoms with Gasteiger partial charge in [-0.3, -0.25) is 9.59 Å². The molecule has 0 amide bonds. The molecule has 0 unspecified atom stereocenters. The number of nitrogens with zero attached hydrogens (tertiary/aromatic N) is 4. The Labute approximate surface area is 264 Å². The molecule has 0 spiro atoms. The normalized spacial score (nSPS) is 13.0. The van der Waals surface area contributed by atoms with Crippen molar-refractivity contribution in [2.24, 2.45) is 0 Å². The van der Waals surface area contributed by atoms with E-state index < -0.39 is 11.9 Å². The largest absolute Gasteiger partial charge is 2.00 e. The maximum absolute atomic E-state index is 11.5. The summed E-state index contributed by atoms with van der Waals surface area (Å²) in [6.07, 6.45) is 0.527. The quantitative estimate of drug-likeness (QED) is 0.267. The monoisotopic (exact) mass is 720 g/mol. The van der Waals surface area contributed by atoms with Crippen LogP contribution < -0.4 is 9.97 Å². The Bertz CT molecular complexity index is 1710. The summed E-state index contributed by atoms with van der Waals surface area (Å²) in [4.78, 5) is 42.5. The van der Waals surface area contributed by atoms with Gasteiger partial charge in [0.05, 0.1) is 22.8 Å². The van der Waals surface area contributed by atoms with Crippen LogP contribution in [0.1, 0.15) is 71.7 Å². The first-order valence-electron chi connectivity index (χ1n) is 12.7. The number of allylic oxidation sites excluding steroid dienone is 2. The maximum Gasteiger partial charge on any atom is 2.00 e. The average Bonchev–Trinajstić information content (AvgIpc) is 3.53. The summed E-state index contributed by atoms with van der Waals surface area (Å²) in [6, 6.07) is 7.60. The predicted molar refractivity (Wildman–Crippen MR) is 163 cm³/mol. The number of carboxylic acid groups (broad SMARTS) is 2. The summed E-state index contributed by atoms with van der Waals surface area (Å²) in [7, 11) is 0. The van der Waals surface area contributed by atoms with E-state index in [2.05, 4.69) is 31.9 Å². The third kappa shape index (κ3) is 6.00. The number of hydrogen-bond donors (Lipinski definition) is 2. The molecule has 2 aliphatic rings. The van der Waals surface area contributed by atoms with Crippen LogP contribution >= 0.6 is 31.9 Å². The van der Waals surface area contributed by atoms with Crippen molar-refractivity contribution in [1.29, 1.82) is 0 Å². The van der Waals surface area contributed by atoms with Crippen molar-refractivity contribution in [3.8, 4) is 0 Å². The zero-order chi connectivity index (χ0) is 28.9. The van der Waals surface area contributed by atoms with Crippen molar-refractivity contribution in [3.05, 3.63) is 69.3 Å². The van der Waals surface area contributed by atoms with Crippen molar-refractivity contribution < 1.29 is 36.9 Å². The number of aliphatic carboxylic acids is 2. The number of fused-ring (bicyclic) bond motifs is 8. The van der Waals surface area contributed by atoms with E-state index in [9.17, 15) is 19.8 Å². The first kappa shape index (κ1) is 31.0. The van der Waals surface area contributed by atoms with Crippen molar-refractivity contribution >= 4 is 86.0 Å². The van der Waals surface area contributed by atoms with Gasteiger partial charge in [0.15, 0.2) is 0 Å². The van der Waals surface area contributed by atoms with Crippen LogP contribution in [0.3, 0.4) is 0 Å². The number of rotatable bonds is 6. The Balaban J connectivity index is 0.00000387. The molecule has 2 aliphatic heterocycles.